The Hall–Kier alpha value is -3.70. The Morgan fingerprint density at radius 3 is 2.29 bits per heavy atom. The van der Waals surface area contributed by atoms with E-state index in [4.69, 9.17) is 0 Å². The van der Waals surface area contributed by atoms with Crippen molar-refractivity contribution in [3.63, 3.8) is 0 Å². The Kier molecular flexibility index (Phi) is 8.85. The van der Waals surface area contributed by atoms with Crippen LogP contribution in [0.3, 0.4) is 0 Å². The Labute approximate surface area is 208 Å². The number of carbonyl (C=O) groups excluding carboxylic acids is 2. The lowest BCUT2D eigenvalue weighted by atomic mass is 10.1. The molecule has 1 aliphatic rings. The first-order valence-corrected chi connectivity index (χ1v) is 12.3. The Balaban J connectivity index is 1.45. The van der Waals surface area contributed by atoms with Crippen LogP contribution in [-0.2, 0) is 22.6 Å². The molecule has 0 unspecified atom stereocenters. The molecule has 35 heavy (non-hydrogen) atoms. The van der Waals surface area contributed by atoms with Crippen molar-refractivity contribution in [2.45, 2.75) is 25.8 Å². The van der Waals surface area contributed by atoms with Crippen LogP contribution < -0.4 is 10.2 Å². The van der Waals surface area contributed by atoms with Gasteiger partial charge in [0.05, 0.1) is 13.0 Å². The lowest BCUT2D eigenvalue weighted by Crippen LogP contribution is -2.34. The summed E-state index contributed by atoms with van der Waals surface area (Å²) in [5.74, 6) is -0.101. The van der Waals surface area contributed by atoms with Crippen LogP contribution in [0.2, 0.25) is 0 Å². The van der Waals surface area contributed by atoms with Gasteiger partial charge in [-0.3, -0.25) is 9.59 Å². The topological polar surface area (TPSA) is 52.7 Å². The van der Waals surface area contributed by atoms with Gasteiger partial charge in [0, 0.05) is 24.9 Å². The van der Waals surface area contributed by atoms with Crippen LogP contribution in [0.1, 0.15) is 29.5 Å². The fourth-order valence-electron chi connectivity index (χ4n) is 4.33. The van der Waals surface area contributed by atoms with Gasteiger partial charge >= 0.3 is 0 Å². The van der Waals surface area contributed by atoms with Gasteiger partial charge in [0.2, 0.25) is 5.91 Å². The minimum Gasteiger partial charge on any atom is -0.355 e. The zero-order valence-corrected chi connectivity index (χ0v) is 20.1. The molecule has 1 heterocycles. The number of anilines is 1. The number of hydrogen-bond acceptors (Lipinski definition) is 3. The zero-order valence-electron chi connectivity index (χ0n) is 20.1. The van der Waals surface area contributed by atoms with Crippen LogP contribution in [0.15, 0.2) is 91.0 Å². The van der Waals surface area contributed by atoms with E-state index in [0.29, 0.717) is 19.5 Å². The molecule has 3 aromatic rings. The second kappa shape index (κ2) is 12.7. The summed E-state index contributed by atoms with van der Waals surface area (Å²) in [6, 6.07) is 27.4. The monoisotopic (exact) mass is 467 g/mol. The highest BCUT2D eigenvalue weighted by Gasteiger charge is 2.16. The van der Waals surface area contributed by atoms with Gasteiger partial charge in [-0.15, -0.1) is 0 Å². The van der Waals surface area contributed by atoms with Gasteiger partial charge in [0.1, 0.15) is 0 Å². The number of rotatable bonds is 10. The molecule has 1 N–H and O–H groups in total. The lowest BCUT2D eigenvalue weighted by Gasteiger charge is -2.22. The Morgan fingerprint density at radius 1 is 0.857 bits per heavy atom. The summed E-state index contributed by atoms with van der Waals surface area (Å²) in [7, 11) is 0. The average molecular weight is 468 g/mol. The predicted octanol–water partition coefficient (Wildman–Crippen LogP) is 4.69. The van der Waals surface area contributed by atoms with Crippen molar-refractivity contribution >= 4 is 23.6 Å². The summed E-state index contributed by atoms with van der Waals surface area (Å²) < 4.78 is 0. The first-order chi connectivity index (χ1) is 17.2. The van der Waals surface area contributed by atoms with Crippen molar-refractivity contribution in [3.8, 4) is 0 Å². The van der Waals surface area contributed by atoms with Crippen LogP contribution in [0.4, 0.5) is 5.69 Å². The molecule has 0 saturated carbocycles. The molecule has 1 fully saturated rings. The van der Waals surface area contributed by atoms with Crippen molar-refractivity contribution in [2.75, 3.05) is 31.1 Å². The summed E-state index contributed by atoms with van der Waals surface area (Å²) in [4.78, 5) is 29.9. The minimum atomic E-state index is -0.107. The van der Waals surface area contributed by atoms with E-state index in [1.165, 1.54) is 12.8 Å². The molecule has 1 saturated heterocycles. The molecule has 0 aliphatic carbocycles. The maximum atomic E-state index is 13.3. The van der Waals surface area contributed by atoms with E-state index < -0.39 is 0 Å². The number of nitrogens with one attached hydrogen (secondary N) is 1. The number of likely N-dealkylation sites (tertiary alicyclic amines) is 1. The molecule has 0 bridgehead atoms. The van der Waals surface area contributed by atoms with E-state index in [0.717, 1.165) is 42.0 Å². The molecule has 5 nitrogen and oxygen atoms in total. The van der Waals surface area contributed by atoms with Gasteiger partial charge in [-0.1, -0.05) is 72.8 Å². The fraction of sp³-hybridized carbons (Fsp3) is 0.267. The van der Waals surface area contributed by atoms with Gasteiger partial charge in [0.15, 0.2) is 0 Å². The van der Waals surface area contributed by atoms with Gasteiger partial charge in [-0.05, 0) is 60.8 Å². The average Bonchev–Trinajstić information content (AvgIpc) is 3.41. The summed E-state index contributed by atoms with van der Waals surface area (Å²) in [5, 5.41) is 3.04. The fourth-order valence-corrected chi connectivity index (χ4v) is 4.33. The lowest BCUT2D eigenvalue weighted by molar-refractivity contribution is -0.120. The largest absolute Gasteiger partial charge is 0.355 e. The highest BCUT2D eigenvalue weighted by Crippen LogP contribution is 2.21. The number of hydrogen-bond donors (Lipinski definition) is 1. The molecule has 1 aliphatic heterocycles. The van der Waals surface area contributed by atoms with Gasteiger partial charge < -0.3 is 15.1 Å². The third-order valence-electron chi connectivity index (χ3n) is 6.20. The molecule has 3 aromatic carbocycles. The number of benzene rings is 3. The maximum absolute atomic E-state index is 13.3. The van der Waals surface area contributed by atoms with E-state index in [9.17, 15) is 9.59 Å². The zero-order chi connectivity index (χ0) is 24.3. The highest BCUT2D eigenvalue weighted by molar-refractivity contribution is 6.03. The van der Waals surface area contributed by atoms with Gasteiger partial charge in [0.25, 0.3) is 5.91 Å². The minimum absolute atomic E-state index is 0.00579. The van der Waals surface area contributed by atoms with Gasteiger partial charge in [-0.2, -0.15) is 0 Å². The molecule has 5 heteroatoms. The van der Waals surface area contributed by atoms with Gasteiger partial charge in [-0.25, -0.2) is 0 Å². The quantitative estimate of drug-likeness (QED) is 0.440. The van der Waals surface area contributed by atoms with E-state index in [-0.39, 0.29) is 11.8 Å². The molecule has 0 atom stereocenters. The smallest absolute Gasteiger partial charge is 0.251 e. The number of amides is 2. The van der Waals surface area contributed by atoms with E-state index >= 15 is 0 Å². The normalized spacial score (nSPS) is 13.7. The molecule has 0 radical (unpaired) electrons. The first kappa shape index (κ1) is 24.4. The summed E-state index contributed by atoms with van der Waals surface area (Å²) >= 11 is 0. The number of carbonyl (C=O) groups is 2. The molecule has 0 spiro atoms. The first-order valence-electron chi connectivity index (χ1n) is 12.3. The van der Waals surface area contributed by atoms with E-state index in [1.807, 2.05) is 91.0 Å². The van der Waals surface area contributed by atoms with Crippen molar-refractivity contribution in [2.24, 2.45) is 0 Å². The third-order valence-corrected chi connectivity index (χ3v) is 6.20. The summed E-state index contributed by atoms with van der Waals surface area (Å²) in [6.07, 6.45) is 6.23. The summed E-state index contributed by atoms with van der Waals surface area (Å²) in [6.45, 7) is 4.27. The number of nitrogens with zero attached hydrogens (tertiary/aromatic N) is 2. The van der Waals surface area contributed by atoms with E-state index in [1.54, 1.807) is 11.0 Å². The van der Waals surface area contributed by atoms with Crippen LogP contribution >= 0.6 is 0 Å². The molecule has 180 valence electrons. The van der Waals surface area contributed by atoms with E-state index in [2.05, 4.69) is 10.2 Å². The van der Waals surface area contributed by atoms with Crippen LogP contribution in [0.5, 0.6) is 0 Å². The molecule has 4 rings (SSSR count). The van der Waals surface area contributed by atoms with Crippen molar-refractivity contribution in [1.29, 1.82) is 0 Å². The Bertz CT molecular complexity index is 1120. The SMILES string of the molecule is O=C(Cc1cccc(N(Cc2ccccc2)C(=O)/C=C/c2ccccc2)c1)NCCN1CCCC1. The van der Waals surface area contributed by atoms with Crippen LogP contribution in [0, 0.1) is 0 Å². The van der Waals surface area contributed by atoms with Crippen molar-refractivity contribution in [3.05, 3.63) is 108 Å². The standard InChI is InChI=1S/C30H33N3O2/c34-29(31-18-21-32-19-7-8-20-32)23-27-14-9-15-28(22-27)33(24-26-12-5-2-6-13-26)30(35)17-16-25-10-3-1-4-11-25/h1-6,9-17,22H,7-8,18-21,23-24H2,(H,31,34)/b17-16+. The summed E-state index contributed by atoms with van der Waals surface area (Å²) in [5.41, 5.74) is 3.68. The Morgan fingerprint density at radius 2 is 1.54 bits per heavy atom. The molecular formula is C30H33N3O2. The predicted molar refractivity (Wildman–Crippen MR) is 142 cm³/mol. The molecular weight excluding hydrogens is 434 g/mol. The second-order valence-electron chi connectivity index (χ2n) is 8.90. The highest BCUT2D eigenvalue weighted by atomic mass is 16.2. The van der Waals surface area contributed by atoms with Crippen molar-refractivity contribution in [1.82, 2.24) is 10.2 Å². The maximum Gasteiger partial charge on any atom is 0.251 e. The van der Waals surface area contributed by atoms with Crippen molar-refractivity contribution < 1.29 is 9.59 Å². The molecule has 2 amide bonds. The van der Waals surface area contributed by atoms with Crippen LogP contribution in [0.25, 0.3) is 6.08 Å². The third kappa shape index (κ3) is 7.66. The molecule has 0 aromatic heterocycles. The second-order valence-corrected chi connectivity index (χ2v) is 8.90. The van der Waals surface area contributed by atoms with Crippen LogP contribution in [-0.4, -0.2) is 42.9 Å².